The lowest BCUT2D eigenvalue weighted by Crippen LogP contribution is -2.41. The third-order valence-corrected chi connectivity index (χ3v) is 5.00. The zero-order chi connectivity index (χ0) is 13.0. The fourth-order valence-electron chi connectivity index (χ4n) is 2.15. The Kier molecular flexibility index (Phi) is 2.60. The largest absolute Gasteiger partial charge is 0.496 e. The van der Waals surface area contributed by atoms with Crippen molar-refractivity contribution in [1.29, 1.82) is 0 Å². The Bertz CT molecular complexity index is 572. The van der Waals surface area contributed by atoms with E-state index in [1.807, 2.05) is 0 Å². The molecule has 0 saturated carbocycles. The average Bonchev–Trinajstić information content (AvgIpc) is 2.78. The Morgan fingerprint density at radius 3 is 2.28 bits per heavy atom. The first kappa shape index (κ1) is 12.2. The second-order valence-electron chi connectivity index (χ2n) is 5.78. The summed E-state index contributed by atoms with van der Waals surface area (Å²) in [6, 6.07) is 8.39. The van der Waals surface area contributed by atoms with Gasteiger partial charge in [0.05, 0.1) is 11.2 Å². The molecular weight excluding hydrogens is 243 g/mol. The third-order valence-electron chi connectivity index (χ3n) is 4.02. The van der Waals surface area contributed by atoms with Crippen LogP contribution in [0.15, 0.2) is 29.6 Å². The van der Waals surface area contributed by atoms with Crippen LogP contribution in [-0.4, -0.2) is 18.3 Å². The number of fused-ring (bicyclic) bond motifs is 1. The predicted octanol–water partition coefficient (Wildman–Crippen LogP) is 3.20. The molecule has 1 aromatic carbocycles. The van der Waals surface area contributed by atoms with Crippen molar-refractivity contribution < 1.29 is 9.31 Å². The fraction of sp³-hybridized carbons (Fsp3) is 0.429. The Morgan fingerprint density at radius 2 is 1.61 bits per heavy atom. The van der Waals surface area contributed by atoms with E-state index in [1.54, 1.807) is 11.3 Å². The number of hydrogen-bond acceptors (Lipinski definition) is 3. The van der Waals surface area contributed by atoms with Crippen molar-refractivity contribution in [3.8, 4) is 0 Å². The maximum absolute atomic E-state index is 6.10. The van der Waals surface area contributed by atoms with Gasteiger partial charge in [-0.25, -0.2) is 0 Å². The second kappa shape index (κ2) is 3.83. The maximum atomic E-state index is 6.10. The van der Waals surface area contributed by atoms with E-state index in [-0.39, 0.29) is 18.3 Å². The Balaban J connectivity index is 2.03. The van der Waals surface area contributed by atoms with Crippen LogP contribution >= 0.6 is 11.3 Å². The Morgan fingerprint density at radius 1 is 1.00 bits per heavy atom. The molecule has 1 aliphatic heterocycles. The molecule has 18 heavy (non-hydrogen) atoms. The highest BCUT2D eigenvalue weighted by Crippen LogP contribution is 2.37. The highest BCUT2D eigenvalue weighted by molar-refractivity contribution is 7.18. The van der Waals surface area contributed by atoms with Crippen LogP contribution in [0.2, 0.25) is 0 Å². The number of thiophene rings is 1. The summed E-state index contributed by atoms with van der Waals surface area (Å²) in [6.07, 6.45) is 0. The zero-order valence-corrected chi connectivity index (χ0v) is 12.0. The summed E-state index contributed by atoms with van der Waals surface area (Å²) in [5.41, 5.74) is 0.593. The molecule has 0 atom stereocenters. The number of rotatable bonds is 1. The van der Waals surface area contributed by atoms with Gasteiger partial charge < -0.3 is 9.31 Å². The summed E-state index contributed by atoms with van der Waals surface area (Å²) in [4.78, 5) is 0. The van der Waals surface area contributed by atoms with Gasteiger partial charge in [-0.05, 0) is 44.5 Å². The average molecular weight is 260 g/mol. The quantitative estimate of drug-likeness (QED) is 0.733. The van der Waals surface area contributed by atoms with Gasteiger partial charge in [0.1, 0.15) is 0 Å². The smallest absolute Gasteiger partial charge is 0.399 e. The minimum atomic E-state index is -0.277. The summed E-state index contributed by atoms with van der Waals surface area (Å²) in [5.74, 6) is 0. The van der Waals surface area contributed by atoms with E-state index in [1.165, 1.54) is 10.1 Å². The lowest BCUT2D eigenvalue weighted by molar-refractivity contribution is 0.00578. The molecule has 1 aromatic heterocycles. The van der Waals surface area contributed by atoms with Crippen LogP contribution in [0.5, 0.6) is 0 Å². The molecule has 3 rings (SSSR count). The van der Waals surface area contributed by atoms with Crippen molar-refractivity contribution in [3.05, 3.63) is 29.6 Å². The molecule has 0 N–H and O–H groups in total. The Hall–Kier alpha value is -0.835. The molecule has 2 nitrogen and oxygen atoms in total. The normalized spacial score (nSPS) is 21.7. The summed E-state index contributed by atoms with van der Waals surface area (Å²) < 4.78 is 13.5. The van der Waals surface area contributed by atoms with E-state index in [0.717, 1.165) is 5.46 Å². The third kappa shape index (κ3) is 1.71. The van der Waals surface area contributed by atoms with Crippen LogP contribution in [0.4, 0.5) is 0 Å². The van der Waals surface area contributed by atoms with Crippen LogP contribution in [-0.2, 0) is 9.31 Å². The van der Waals surface area contributed by atoms with Crippen molar-refractivity contribution in [1.82, 2.24) is 0 Å². The first-order chi connectivity index (χ1) is 8.41. The number of benzene rings is 1. The summed E-state index contributed by atoms with van der Waals surface area (Å²) in [6.45, 7) is 8.34. The van der Waals surface area contributed by atoms with Gasteiger partial charge in [-0.3, -0.25) is 0 Å². The van der Waals surface area contributed by atoms with Gasteiger partial charge >= 0.3 is 7.12 Å². The molecule has 1 fully saturated rings. The lowest BCUT2D eigenvalue weighted by Gasteiger charge is -2.32. The molecule has 2 heterocycles. The molecule has 2 aromatic rings. The van der Waals surface area contributed by atoms with E-state index in [4.69, 9.17) is 9.31 Å². The molecule has 0 amide bonds. The maximum Gasteiger partial charge on any atom is 0.496 e. The van der Waals surface area contributed by atoms with Gasteiger partial charge in [-0.15, -0.1) is 11.3 Å². The standard InChI is InChI=1S/C14H17BO2S/c1-13(2)14(3,4)17-15(16-13)11-9-18-12-8-6-5-7-10(11)12/h5-9H,1-4H3. The molecule has 1 saturated heterocycles. The van der Waals surface area contributed by atoms with Crippen molar-refractivity contribution >= 4 is 34.0 Å². The van der Waals surface area contributed by atoms with Crippen molar-refractivity contribution in [2.75, 3.05) is 0 Å². The van der Waals surface area contributed by atoms with Gasteiger partial charge in [-0.1, -0.05) is 18.2 Å². The van der Waals surface area contributed by atoms with Crippen LogP contribution in [0.1, 0.15) is 27.7 Å². The molecule has 4 heteroatoms. The predicted molar refractivity (Wildman–Crippen MR) is 77.5 cm³/mol. The molecule has 0 spiro atoms. The molecule has 94 valence electrons. The molecule has 0 aliphatic carbocycles. The first-order valence-corrected chi connectivity index (χ1v) is 7.10. The molecule has 0 unspecified atom stereocenters. The number of hydrogen-bond donors (Lipinski definition) is 0. The molecular formula is C14H17BO2S. The van der Waals surface area contributed by atoms with E-state index in [9.17, 15) is 0 Å². The zero-order valence-electron chi connectivity index (χ0n) is 11.2. The fourth-order valence-corrected chi connectivity index (χ4v) is 3.11. The summed E-state index contributed by atoms with van der Waals surface area (Å²) >= 11 is 1.74. The molecule has 0 radical (unpaired) electrons. The van der Waals surface area contributed by atoms with Gasteiger partial charge in [0, 0.05) is 10.2 Å². The van der Waals surface area contributed by atoms with E-state index >= 15 is 0 Å². The van der Waals surface area contributed by atoms with Crippen LogP contribution in [0.3, 0.4) is 0 Å². The minimum absolute atomic E-state index is 0.258. The molecule has 0 bridgehead atoms. The van der Waals surface area contributed by atoms with E-state index in [2.05, 4.69) is 57.3 Å². The highest BCUT2D eigenvalue weighted by atomic mass is 32.1. The van der Waals surface area contributed by atoms with E-state index < -0.39 is 0 Å². The van der Waals surface area contributed by atoms with Crippen LogP contribution in [0.25, 0.3) is 10.1 Å². The lowest BCUT2D eigenvalue weighted by atomic mass is 9.79. The van der Waals surface area contributed by atoms with Gasteiger partial charge in [0.15, 0.2) is 0 Å². The van der Waals surface area contributed by atoms with Crippen molar-refractivity contribution in [3.63, 3.8) is 0 Å². The Labute approximate surface area is 112 Å². The van der Waals surface area contributed by atoms with Crippen molar-refractivity contribution in [2.45, 2.75) is 38.9 Å². The summed E-state index contributed by atoms with van der Waals surface area (Å²) in [5, 5.41) is 3.38. The monoisotopic (exact) mass is 260 g/mol. The summed E-state index contributed by atoms with van der Waals surface area (Å²) in [7, 11) is -0.258. The topological polar surface area (TPSA) is 18.5 Å². The first-order valence-electron chi connectivity index (χ1n) is 6.22. The van der Waals surface area contributed by atoms with Gasteiger partial charge in [0.25, 0.3) is 0 Å². The SMILES string of the molecule is CC1(C)OB(c2csc3ccccc23)OC1(C)C. The second-order valence-corrected chi connectivity index (χ2v) is 6.69. The highest BCUT2D eigenvalue weighted by Gasteiger charge is 2.52. The van der Waals surface area contributed by atoms with Gasteiger partial charge in [-0.2, -0.15) is 0 Å². The minimum Gasteiger partial charge on any atom is -0.399 e. The van der Waals surface area contributed by atoms with Crippen LogP contribution in [0, 0.1) is 0 Å². The van der Waals surface area contributed by atoms with Crippen molar-refractivity contribution in [2.24, 2.45) is 0 Å². The van der Waals surface area contributed by atoms with E-state index in [0.29, 0.717) is 0 Å². The molecule has 1 aliphatic rings. The van der Waals surface area contributed by atoms with Gasteiger partial charge in [0.2, 0.25) is 0 Å². The van der Waals surface area contributed by atoms with Crippen LogP contribution < -0.4 is 5.46 Å².